The highest BCUT2D eigenvalue weighted by Gasteiger charge is 2.17. The largest absolute Gasteiger partial charge is 0.493 e. The van der Waals surface area contributed by atoms with Crippen LogP contribution in [0.3, 0.4) is 0 Å². The van der Waals surface area contributed by atoms with Gasteiger partial charge in [-0.2, -0.15) is 5.26 Å². The van der Waals surface area contributed by atoms with Gasteiger partial charge in [-0.1, -0.05) is 13.8 Å². The summed E-state index contributed by atoms with van der Waals surface area (Å²) in [4.78, 5) is 36.6. The van der Waals surface area contributed by atoms with Gasteiger partial charge in [-0.05, 0) is 55.7 Å². The number of ether oxygens (including phenoxy) is 3. The fourth-order valence-electron chi connectivity index (χ4n) is 3.33. The Kier molecular flexibility index (Phi) is 9.46. The summed E-state index contributed by atoms with van der Waals surface area (Å²) in [7, 11) is 2.90. The van der Waals surface area contributed by atoms with Crippen LogP contribution in [0, 0.1) is 31.1 Å². The first-order chi connectivity index (χ1) is 16.6. The van der Waals surface area contributed by atoms with E-state index in [4.69, 9.17) is 14.2 Å². The van der Waals surface area contributed by atoms with E-state index in [-0.39, 0.29) is 11.1 Å². The molecule has 0 bridgehead atoms. The maximum atomic E-state index is 12.3. The summed E-state index contributed by atoms with van der Waals surface area (Å²) >= 11 is 0. The second-order valence-corrected chi connectivity index (χ2v) is 8.15. The number of hydrogen-bond donors (Lipinski definition) is 2. The minimum absolute atomic E-state index is 0.213. The number of hydrazine groups is 1. The van der Waals surface area contributed by atoms with E-state index in [0.717, 1.165) is 23.5 Å². The molecule has 1 aromatic carbocycles. The SMILES string of the molecule is COc1ccc(C(=O)NNC(=O)COC(=O)/C(C#N)=C/c2cc(C)n(CC(C)C)c2C)cc1OC. The maximum Gasteiger partial charge on any atom is 0.349 e. The Bertz CT molecular complexity index is 1170. The van der Waals surface area contributed by atoms with Crippen molar-refractivity contribution >= 4 is 23.9 Å². The molecule has 0 aliphatic rings. The second kappa shape index (κ2) is 12.3. The van der Waals surface area contributed by atoms with E-state index in [1.165, 1.54) is 32.4 Å². The van der Waals surface area contributed by atoms with Crippen molar-refractivity contribution in [3.05, 3.63) is 52.4 Å². The molecule has 0 aliphatic carbocycles. The number of rotatable bonds is 9. The van der Waals surface area contributed by atoms with Crippen molar-refractivity contribution in [2.24, 2.45) is 5.92 Å². The first-order valence-corrected chi connectivity index (χ1v) is 10.9. The fourth-order valence-corrected chi connectivity index (χ4v) is 3.33. The number of aryl methyl sites for hydroxylation is 1. The first-order valence-electron chi connectivity index (χ1n) is 10.9. The third-order valence-corrected chi connectivity index (χ3v) is 5.10. The van der Waals surface area contributed by atoms with Crippen LogP contribution >= 0.6 is 0 Å². The van der Waals surface area contributed by atoms with Gasteiger partial charge in [0, 0.05) is 23.5 Å². The van der Waals surface area contributed by atoms with Gasteiger partial charge >= 0.3 is 5.97 Å². The highest BCUT2D eigenvalue weighted by atomic mass is 16.5. The molecule has 0 saturated heterocycles. The molecule has 10 heteroatoms. The molecule has 2 aromatic rings. The van der Waals surface area contributed by atoms with Crippen molar-refractivity contribution in [2.75, 3.05) is 20.8 Å². The zero-order chi connectivity index (χ0) is 26.1. The van der Waals surface area contributed by atoms with Gasteiger partial charge in [-0.15, -0.1) is 0 Å². The topological polar surface area (TPSA) is 132 Å². The van der Waals surface area contributed by atoms with Crippen LogP contribution in [0.4, 0.5) is 0 Å². The van der Waals surface area contributed by atoms with Gasteiger partial charge in [0.2, 0.25) is 0 Å². The molecule has 0 unspecified atom stereocenters. The van der Waals surface area contributed by atoms with Crippen LogP contribution in [0.25, 0.3) is 6.08 Å². The predicted octanol–water partition coefficient (Wildman–Crippen LogP) is 2.69. The molecule has 0 aliphatic heterocycles. The van der Waals surface area contributed by atoms with Crippen molar-refractivity contribution in [2.45, 2.75) is 34.2 Å². The van der Waals surface area contributed by atoms with E-state index >= 15 is 0 Å². The lowest BCUT2D eigenvalue weighted by atomic mass is 10.1. The molecule has 0 spiro atoms. The van der Waals surface area contributed by atoms with E-state index in [2.05, 4.69) is 29.3 Å². The molecule has 0 fully saturated rings. The Morgan fingerprint density at radius 3 is 2.37 bits per heavy atom. The fraction of sp³-hybridized carbons (Fsp3) is 0.360. The molecule has 2 N–H and O–H groups in total. The Balaban J connectivity index is 1.96. The monoisotopic (exact) mass is 482 g/mol. The third-order valence-electron chi connectivity index (χ3n) is 5.10. The standard InChI is InChI=1S/C25H30N4O6/c1-15(2)13-29-16(3)9-19(17(29)4)10-20(12-26)25(32)35-14-23(30)27-28-24(31)18-7-8-21(33-5)22(11-18)34-6/h7-11,15H,13-14H2,1-6H3,(H,27,30)(H,28,31)/b20-10+. The average Bonchev–Trinajstić information content (AvgIpc) is 3.10. The number of nitrogens with one attached hydrogen (secondary N) is 2. The molecule has 0 atom stereocenters. The smallest absolute Gasteiger partial charge is 0.349 e. The van der Waals surface area contributed by atoms with Crippen molar-refractivity contribution in [1.29, 1.82) is 5.26 Å². The molecule has 2 rings (SSSR count). The number of carbonyl (C=O) groups is 3. The number of benzene rings is 1. The van der Waals surface area contributed by atoms with Crippen LogP contribution in [-0.4, -0.2) is 43.2 Å². The summed E-state index contributed by atoms with van der Waals surface area (Å²) in [5.41, 5.74) is 7.01. The van der Waals surface area contributed by atoms with Crippen LogP contribution in [0.15, 0.2) is 29.8 Å². The summed E-state index contributed by atoms with van der Waals surface area (Å²) < 4.78 is 17.3. The number of hydrogen-bond acceptors (Lipinski definition) is 7. The van der Waals surface area contributed by atoms with Gasteiger partial charge < -0.3 is 18.8 Å². The molecule has 1 heterocycles. The number of esters is 1. The van der Waals surface area contributed by atoms with E-state index in [1.54, 1.807) is 6.07 Å². The highest BCUT2D eigenvalue weighted by Crippen LogP contribution is 2.27. The van der Waals surface area contributed by atoms with Gasteiger partial charge in [0.1, 0.15) is 11.6 Å². The molecular formula is C25H30N4O6. The van der Waals surface area contributed by atoms with E-state index in [9.17, 15) is 19.6 Å². The van der Waals surface area contributed by atoms with Crippen molar-refractivity contribution in [1.82, 2.24) is 15.4 Å². The van der Waals surface area contributed by atoms with Gasteiger partial charge in [-0.25, -0.2) is 4.79 Å². The zero-order valence-corrected chi connectivity index (χ0v) is 20.7. The Labute approximate surface area is 204 Å². The van der Waals surface area contributed by atoms with Crippen LogP contribution < -0.4 is 20.3 Å². The van der Waals surface area contributed by atoms with Crippen LogP contribution in [0.5, 0.6) is 11.5 Å². The van der Waals surface area contributed by atoms with Gasteiger partial charge in [0.05, 0.1) is 14.2 Å². The Morgan fingerprint density at radius 2 is 1.77 bits per heavy atom. The van der Waals surface area contributed by atoms with Gasteiger partial charge in [0.15, 0.2) is 18.1 Å². The molecular weight excluding hydrogens is 452 g/mol. The van der Waals surface area contributed by atoms with Gasteiger partial charge in [0.25, 0.3) is 11.8 Å². The normalized spacial score (nSPS) is 11.0. The summed E-state index contributed by atoms with van der Waals surface area (Å²) in [5, 5.41) is 9.42. The molecule has 0 radical (unpaired) electrons. The third kappa shape index (κ3) is 7.11. The summed E-state index contributed by atoms with van der Waals surface area (Å²) in [5.74, 6) is -1.10. The average molecular weight is 483 g/mol. The van der Waals surface area contributed by atoms with Crippen LogP contribution in [-0.2, 0) is 20.9 Å². The zero-order valence-electron chi connectivity index (χ0n) is 20.7. The Hall–Kier alpha value is -4.26. The molecule has 10 nitrogen and oxygen atoms in total. The maximum absolute atomic E-state index is 12.3. The lowest BCUT2D eigenvalue weighted by Crippen LogP contribution is -2.43. The number of methoxy groups -OCH3 is 2. The van der Waals surface area contributed by atoms with Gasteiger partial charge in [-0.3, -0.25) is 20.4 Å². The van der Waals surface area contributed by atoms with Crippen molar-refractivity contribution < 1.29 is 28.6 Å². The van der Waals surface area contributed by atoms with Crippen LogP contribution in [0.2, 0.25) is 0 Å². The van der Waals surface area contributed by atoms with Crippen molar-refractivity contribution in [3.8, 4) is 17.6 Å². The quantitative estimate of drug-likeness (QED) is 0.243. The predicted molar refractivity (Wildman–Crippen MR) is 128 cm³/mol. The van der Waals surface area contributed by atoms with Crippen molar-refractivity contribution in [3.63, 3.8) is 0 Å². The summed E-state index contributed by atoms with van der Waals surface area (Å²) in [6, 6.07) is 8.19. The lowest BCUT2D eigenvalue weighted by Gasteiger charge is -2.12. The number of aromatic nitrogens is 1. The molecule has 35 heavy (non-hydrogen) atoms. The second-order valence-electron chi connectivity index (χ2n) is 8.15. The molecule has 186 valence electrons. The number of amides is 2. The molecule has 0 saturated carbocycles. The van der Waals surface area contributed by atoms with Crippen LogP contribution in [0.1, 0.15) is 41.2 Å². The minimum atomic E-state index is -0.942. The number of nitriles is 1. The summed E-state index contributed by atoms with van der Waals surface area (Å²) in [6.45, 7) is 8.21. The molecule has 1 aromatic heterocycles. The Morgan fingerprint density at radius 1 is 1.09 bits per heavy atom. The number of carbonyl (C=O) groups excluding carboxylic acids is 3. The lowest BCUT2D eigenvalue weighted by molar-refractivity contribution is -0.144. The van der Waals surface area contributed by atoms with E-state index < -0.39 is 24.4 Å². The first kappa shape index (κ1) is 27.0. The molecule has 2 amide bonds. The minimum Gasteiger partial charge on any atom is -0.493 e. The van der Waals surface area contributed by atoms with E-state index in [0.29, 0.717) is 17.4 Å². The summed E-state index contributed by atoms with van der Waals surface area (Å²) in [6.07, 6.45) is 1.44. The highest BCUT2D eigenvalue weighted by molar-refractivity contribution is 5.99. The van der Waals surface area contributed by atoms with E-state index in [1.807, 2.05) is 26.0 Å². The number of nitrogens with zero attached hydrogens (tertiary/aromatic N) is 2.